The van der Waals surface area contributed by atoms with Gasteiger partial charge in [0.1, 0.15) is 12.3 Å². The van der Waals surface area contributed by atoms with E-state index in [9.17, 15) is 14.4 Å². The van der Waals surface area contributed by atoms with E-state index in [0.717, 1.165) is 41.9 Å². The molecular weight excluding hydrogens is 320 g/mol. The van der Waals surface area contributed by atoms with Crippen LogP contribution in [0.2, 0.25) is 0 Å². The van der Waals surface area contributed by atoms with Gasteiger partial charge in [0.25, 0.3) is 0 Å². The summed E-state index contributed by atoms with van der Waals surface area (Å²) in [5, 5.41) is 2.79. The van der Waals surface area contributed by atoms with Crippen LogP contribution in [0.5, 0.6) is 5.75 Å². The Morgan fingerprint density at radius 1 is 1.16 bits per heavy atom. The Kier molecular flexibility index (Phi) is 5.36. The van der Waals surface area contributed by atoms with Crippen molar-refractivity contribution in [1.29, 1.82) is 0 Å². The first kappa shape index (κ1) is 17.5. The molecule has 3 rings (SSSR count). The Morgan fingerprint density at radius 2 is 1.80 bits per heavy atom. The average Bonchev–Trinajstić information content (AvgIpc) is 2.87. The normalized spacial score (nSPS) is 22.7. The smallest absolute Gasteiger partial charge is 0.240 e. The molecule has 1 saturated carbocycles. The maximum absolute atomic E-state index is 12.4. The maximum Gasteiger partial charge on any atom is 0.240 e. The number of benzene rings is 1. The second kappa shape index (κ2) is 7.68. The van der Waals surface area contributed by atoms with Crippen LogP contribution in [-0.4, -0.2) is 42.8 Å². The van der Waals surface area contributed by atoms with Crippen molar-refractivity contribution < 1.29 is 19.1 Å². The molecule has 1 saturated heterocycles. The van der Waals surface area contributed by atoms with Gasteiger partial charge in [-0.15, -0.1) is 0 Å². The quantitative estimate of drug-likeness (QED) is 0.794. The third kappa shape index (κ3) is 3.67. The van der Waals surface area contributed by atoms with Gasteiger partial charge in [-0.2, -0.15) is 0 Å². The highest BCUT2D eigenvalue weighted by Crippen LogP contribution is 2.37. The van der Waals surface area contributed by atoms with Crippen molar-refractivity contribution in [2.75, 3.05) is 20.2 Å². The zero-order valence-corrected chi connectivity index (χ0v) is 14.5. The summed E-state index contributed by atoms with van der Waals surface area (Å²) in [6.07, 6.45) is 4.13. The Hall–Kier alpha value is -2.37. The number of rotatable bonds is 6. The molecule has 0 radical (unpaired) electrons. The summed E-state index contributed by atoms with van der Waals surface area (Å²) in [5.41, 5.74) is 1.00. The second-order valence-corrected chi connectivity index (χ2v) is 6.67. The Labute approximate surface area is 147 Å². The standard InChI is InChI=1S/C19H24N2O4/c1-25-16-9-5-2-6-13(16)10-11-20-17(22)12-21-18(23)14-7-3-4-8-15(14)19(21)24/h2,5-6,9,14-15H,3-4,7-8,10-12H2,1H3,(H,20,22). The zero-order valence-electron chi connectivity index (χ0n) is 14.5. The van der Waals surface area contributed by atoms with Crippen LogP contribution in [0.3, 0.4) is 0 Å². The number of nitrogens with zero attached hydrogens (tertiary/aromatic N) is 1. The minimum atomic E-state index is -0.296. The fourth-order valence-corrected chi connectivity index (χ4v) is 3.83. The molecule has 0 spiro atoms. The van der Waals surface area contributed by atoms with E-state index in [-0.39, 0.29) is 36.1 Å². The third-order valence-electron chi connectivity index (χ3n) is 5.14. The van der Waals surface area contributed by atoms with Gasteiger partial charge in [-0.3, -0.25) is 19.3 Å². The summed E-state index contributed by atoms with van der Waals surface area (Å²) in [5.74, 6) is -0.268. The van der Waals surface area contributed by atoms with Crippen LogP contribution in [-0.2, 0) is 20.8 Å². The number of para-hydroxylation sites is 1. The highest BCUT2D eigenvalue weighted by Gasteiger charge is 2.48. The van der Waals surface area contributed by atoms with E-state index in [0.29, 0.717) is 13.0 Å². The van der Waals surface area contributed by atoms with Crippen molar-refractivity contribution in [2.24, 2.45) is 11.8 Å². The Morgan fingerprint density at radius 3 is 2.44 bits per heavy atom. The number of likely N-dealkylation sites (tertiary alicyclic amines) is 1. The maximum atomic E-state index is 12.4. The van der Waals surface area contributed by atoms with E-state index in [1.807, 2.05) is 24.3 Å². The minimum absolute atomic E-state index is 0.170. The summed E-state index contributed by atoms with van der Waals surface area (Å²) in [6, 6.07) is 7.64. The molecule has 6 nitrogen and oxygen atoms in total. The number of imide groups is 1. The Bertz CT molecular complexity index is 649. The number of nitrogens with one attached hydrogen (secondary N) is 1. The molecular formula is C19H24N2O4. The van der Waals surface area contributed by atoms with Crippen molar-refractivity contribution >= 4 is 17.7 Å². The van der Waals surface area contributed by atoms with Crippen molar-refractivity contribution in [2.45, 2.75) is 32.1 Å². The van der Waals surface area contributed by atoms with E-state index >= 15 is 0 Å². The summed E-state index contributed by atoms with van der Waals surface area (Å²) in [7, 11) is 1.61. The molecule has 3 amide bonds. The first-order valence-electron chi connectivity index (χ1n) is 8.85. The molecule has 134 valence electrons. The first-order chi connectivity index (χ1) is 12.1. The van der Waals surface area contributed by atoms with E-state index in [2.05, 4.69) is 5.32 Å². The highest BCUT2D eigenvalue weighted by molar-refractivity contribution is 6.07. The third-order valence-corrected chi connectivity index (χ3v) is 5.14. The SMILES string of the molecule is COc1ccccc1CCNC(=O)CN1C(=O)C2CCCCC2C1=O. The predicted molar refractivity (Wildman–Crippen MR) is 91.9 cm³/mol. The average molecular weight is 344 g/mol. The molecule has 1 aliphatic heterocycles. The van der Waals surface area contributed by atoms with E-state index in [1.54, 1.807) is 7.11 Å². The molecule has 0 aromatic heterocycles. The Balaban J connectivity index is 1.51. The molecule has 1 aliphatic carbocycles. The molecule has 2 atom stereocenters. The number of methoxy groups -OCH3 is 1. The number of amides is 3. The van der Waals surface area contributed by atoms with Gasteiger partial charge in [0.05, 0.1) is 18.9 Å². The second-order valence-electron chi connectivity index (χ2n) is 6.67. The van der Waals surface area contributed by atoms with Gasteiger partial charge < -0.3 is 10.1 Å². The number of carbonyl (C=O) groups is 3. The number of carbonyl (C=O) groups excluding carboxylic acids is 3. The minimum Gasteiger partial charge on any atom is -0.496 e. The lowest BCUT2D eigenvalue weighted by molar-refractivity contribution is -0.143. The topological polar surface area (TPSA) is 75.7 Å². The van der Waals surface area contributed by atoms with Gasteiger partial charge in [0.2, 0.25) is 17.7 Å². The monoisotopic (exact) mass is 344 g/mol. The predicted octanol–water partition coefficient (Wildman–Crippen LogP) is 1.53. The molecule has 1 N–H and O–H groups in total. The van der Waals surface area contributed by atoms with Gasteiger partial charge in [-0.1, -0.05) is 31.0 Å². The van der Waals surface area contributed by atoms with Crippen LogP contribution in [0.15, 0.2) is 24.3 Å². The number of fused-ring (bicyclic) bond motifs is 1. The molecule has 0 bridgehead atoms. The summed E-state index contributed by atoms with van der Waals surface area (Å²) in [6.45, 7) is 0.263. The molecule has 2 fully saturated rings. The van der Waals surface area contributed by atoms with E-state index < -0.39 is 0 Å². The van der Waals surface area contributed by atoms with Crippen LogP contribution in [0.4, 0.5) is 0 Å². The molecule has 1 heterocycles. The molecule has 2 aliphatic rings. The highest BCUT2D eigenvalue weighted by atomic mass is 16.5. The number of hydrogen-bond donors (Lipinski definition) is 1. The van der Waals surface area contributed by atoms with Crippen LogP contribution >= 0.6 is 0 Å². The van der Waals surface area contributed by atoms with Crippen LogP contribution in [0.25, 0.3) is 0 Å². The molecule has 6 heteroatoms. The lowest BCUT2D eigenvalue weighted by atomic mass is 9.81. The molecule has 25 heavy (non-hydrogen) atoms. The largest absolute Gasteiger partial charge is 0.496 e. The van der Waals surface area contributed by atoms with Crippen LogP contribution < -0.4 is 10.1 Å². The lowest BCUT2D eigenvalue weighted by Gasteiger charge is -2.19. The van der Waals surface area contributed by atoms with Crippen LogP contribution in [0.1, 0.15) is 31.2 Å². The fourth-order valence-electron chi connectivity index (χ4n) is 3.83. The van der Waals surface area contributed by atoms with Gasteiger partial charge >= 0.3 is 0 Å². The van der Waals surface area contributed by atoms with Crippen molar-refractivity contribution in [1.82, 2.24) is 10.2 Å². The van der Waals surface area contributed by atoms with Gasteiger partial charge in [0.15, 0.2) is 0 Å². The fraction of sp³-hybridized carbons (Fsp3) is 0.526. The van der Waals surface area contributed by atoms with E-state index in [1.165, 1.54) is 0 Å². The summed E-state index contributed by atoms with van der Waals surface area (Å²) < 4.78 is 5.28. The molecule has 1 aromatic carbocycles. The summed E-state index contributed by atoms with van der Waals surface area (Å²) in [4.78, 5) is 38.0. The van der Waals surface area contributed by atoms with Gasteiger partial charge in [-0.25, -0.2) is 0 Å². The molecule has 1 aromatic rings. The van der Waals surface area contributed by atoms with Crippen LogP contribution in [0, 0.1) is 11.8 Å². The zero-order chi connectivity index (χ0) is 17.8. The van der Waals surface area contributed by atoms with Gasteiger partial charge in [0, 0.05) is 6.54 Å². The van der Waals surface area contributed by atoms with Crippen molar-refractivity contribution in [3.63, 3.8) is 0 Å². The van der Waals surface area contributed by atoms with Gasteiger partial charge in [-0.05, 0) is 30.9 Å². The molecule has 2 unspecified atom stereocenters. The summed E-state index contributed by atoms with van der Waals surface area (Å²) >= 11 is 0. The number of ether oxygens (including phenoxy) is 1. The van der Waals surface area contributed by atoms with E-state index in [4.69, 9.17) is 4.74 Å². The lowest BCUT2D eigenvalue weighted by Crippen LogP contribution is -2.41. The van der Waals surface area contributed by atoms with Crippen molar-refractivity contribution in [3.05, 3.63) is 29.8 Å². The van der Waals surface area contributed by atoms with Crippen molar-refractivity contribution in [3.8, 4) is 5.75 Å². The first-order valence-corrected chi connectivity index (χ1v) is 8.85. The number of hydrogen-bond acceptors (Lipinski definition) is 4.